The third-order valence-electron chi connectivity index (χ3n) is 3.81. The number of carbonyl (C=O) groups excluding carboxylic acids is 1. The van der Waals surface area contributed by atoms with Gasteiger partial charge in [0.25, 0.3) is 0 Å². The molecule has 19 heavy (non-hydrogen) atoms. The number of H-pyrrole nitrogens is 1. The molecule has 0 bridgehead atoms. The van der Waals surface area contributed by atoms with Gasteiger partial charge in [0.05, 0.1) is 16.6 Å². The number of nitrogens with zero attached hydrogens (tertiary/aromatic N) is 1. The normalized spacial score (nSPS) is 17.8. The van der Waals surface area contributed by atoms with Crippen LogP contribution >= 0.6 is 0 Å². The van der Waals surface area contributed by atoms with Crippen molar-refractivity contribution in [3.8, 4) is 0 Å². The minimum absolute atomic E-state index is 0.0828. The number of nitrogens with two attached hydrogens (primary N) is 1. The Hall–Kier alpha value is -1.88. The van der Waals surface area contributed by atoms with Crippen molar-refractivity contribution in [3.05, 3.63) is 24.0 Å². The smallest absolute Gasteiger partial charge is 0.244 e. The second-order valence-corrected chi connectivity index (χ2v) is 5.37. The highest BCUT2D eigenvalue weighted by molar-refractivity contribution is 5.99. The highest BCUT2D eigenvalue weighted by atomic mass is 16.2. The standard InChI is InChI=1S/C14H18N4O/c1-9-16-11-5-4-10(8-12(11)17-9)18-13(19)14(15)6-2-3-7-14/h4-5,8H,2-3,6-7,15H2,1H3,(H,16,17)(H,18,19). The van der Waals surface area contributed by atoms with Crippen molar-refractivity contribution in [1.82, 2.24) is 9.97 Å². The fourth-order valence-corrected chi connectivity index (χ4v) is 2.70. The van der Waals surface area contributed by atoms with E-state index in [1.807, 2.05) is 25.1 Å². The molecule has 0 atom stereocenters. The van der Waals surface area contributed by atoms with Gasteiger partial charge in [0.1, 0.15) is 5.82 Å². The average molecular weight is 258 g/mol. The second-order valence-electron chi connectivity index (χ2n) is 5.37. The van der Waals surface area contributed by atoms with Crippen LogP contribution in [0.3, 0.4) is 0 Å². The number of carbonyl (C=O) groups is 1. The molecule has 1 fully saturated rings. The monoisotopic (exact) mass is 258 g/mol. The van der Waals surface area contributed by atoms with Gasteiger partial charge < -0.3 is 16.0 Å². The summed E-state index contributed by atoms with van der Waals surface area (Å²) in [5, 5.41) is 2.91. The van der Waals surface area contributed by atoms with E-state index in [0.717, 1.165) is 48.2 Å². The number of fused-ring (bicyclic) bond motifs is 1. The lowest BCUT2D eigenvalue weighted by Gasteiger charge is -2.22. The van der Waals surface area contributed by atoms with Gasteiger partial charge in [-0.25, -0.2) is 4.98 Å². The summed E-state index contributed by atoms with van der Waals surface area (Å²) in [5.74, 6) is 0.783. The Balaban J connectivity index is 1.82. The van der Waals surface area contributed by atoms with Crippen molar-refractivity contribution in [2.24, 2.45) is 5.73 Å². The van der Waals surface area contributed by atoms with Crippen LogP contribution in [0.5, 0.6) is 0 Å². The van der Waals surface area contributed by atoms with Crippen molar-refractivity contribution < 1.29 is 4.79 Å². The molecule has 1 aromatic heterocycles. The molecule has 0 spiro atoms. The molecule has 1 saturated carbocycles. The molecule has 5 heteroatoms. The van der Waals surface area contributed by atoms with Gasteiger partial charge in [0.15, 0.2) is 0 Å². The zero-order chi connectivity index (χ0) is 13.5. The fraction of sp³-hybridized carbons (Fsp3) is 0.429. The predicted octanol–water partition coefficient (Wildman–Crippen LogP) is 2.08. The minimum Gasteiger partial charge on any atom is -0.342 e. The number of benzene rings is 1. The van der Waals surface area contributed by atoms with Crippen molar-refractivity contribution >= 4 is 22.6 Å². The number of anilines is 1. The molecule has 2 aromatic rings. The van der Waals surface area contributed by atoms with E-state index in [4.69, 9.17) is 5.73 Å². The zero-order valence-electron chi connectivity index (χ0n) is 11.0. The maximum atomic E-state index is 12.2. The van der Waals surface area contributed by atoms with Crippen LogP contribution in [0.25, 0.3) is 11.0 Å². The Bertz CT molecular complexity index is 625. The van der Waals surface area contributed by atoms with Crippen LogP contribution in [0.4, 0.5) is 5.69 Å². The molecule has 1 amide bonds. The molecule has 100 valence electrons. The number of nitrogens with one attached hydrogen (secondary N) is 2. The highest BCUT2D eigenvalue weighted by Crippen LogP contribution is 2.28. The summed E-state index contributed by atoms with van der Waals surface area (Å²) in [4.78, 5) is 19.7. The molecule has 0 unspecified atom stereocenters. The molecular formula is C14H18N4O. The SMILES string of the molecule is Cc1nc2ccc(NC(=O)C3(N)CCCC3)cc2[nH]1. The summed E-state index contributed by atoms with van der Waals surface area (Å²) in [5.41, 5.74) is 8.03. The first-order chi connectivity index (χ1) is 9.07. The molecule has 1 aliphatic carbocycles. The van der Waals surface area contributed by atoms with E-state index in [1.54, 1.807) is 0 Å². The van der Waals surface area contributed by atoms with Gasteiger partial charge in [-0.05, 0) is 38.0 Å². The molecule has 0 aliphatic heterocycles. The Kier molecular flexibility index (Phi) is 2.78. The second kappa shape index (κ2) is 4.35. The molecule has 1 aliphatic rings. The Morgan fingerprint density at radius 3 is 2.89 bits per heavy atom. The van der Waals surface area contributed by atoms with E-state index in [9.17, 15) is 4.79 Å². The van der Waals surface area contributed by atoms with Crippen LogP contribution in [0, 0.1) is 6.92 Å². The van der Waals surface area contributed by atoms with Crippen LogP contribution in [-0.2, 0) is 4.79 Å². The lowest BCUT2D eigenvalue weighted by atomic mass is 9.98. The maximum absolute atomic E-state index is 12.2. The lowest BCUT2D eigenvalue weighted by Crippen LogP contribution is -2.48. The first-order valence-corrected chi connectivity index (χ1v) is 6.64. The number of amides is 1. The lowest BCUT2D eigenvalue weighted by molar-refractivity contribution is -0.121. The summed E-state index contributed by atoms with van der Waals surface area (Å²) in [7, 11) is 0. The molecule has 4 N–H and O–H groups in total. The summed E-state index contributed by atoms with van der Waals surface area (Å²) in [6, 6.07) is 5.65. The topological polar surface area (TPSA) is 83.8 Å². The third-order valence-corrected chi connectivity index (χ3v) is 3.81. The number of aryl methyl sites for hydroxylation is 1. The Morgan fingerprint density at radius 2 is 2.16 bits per heavy atom. The van der Waals surface area contributed by atoms with Gasteiger partial charge in [0, 0.05) is 5.69 Å². The molecule has 0 radical (unpaired) electrons. The van der Waals surface area contributed by atoms with Crippen LogP contribution < -0.4 is 11.1 Å². The maximum Gasteiger partial charge on any atom is 0.244 e. The van der Waals surface area contributed by atoms with Gasteiger partial charge in [-0.1, -0.05) is 12.8 Å². The van der Waals surface area contributed by atoms with Gasteiger partial charge in [-0.3, -0.25) is 4.79 Å². The van der Waals surface area contributed by atoms with E-state index in [-0.39, 0.29) is 5.91 Å². The first-order valence-electron chi connectivity index (χ1n) is 6.64. The third kappa shape index (κ3) is 2.21. The van der Waals surface area contributed by atoms with Gasteiger partial charge in [-0.2, -0.15) is 0 Å². The Morgan fingerprint density at radius 1 is 1.42 bits per heavy atom. The average Bonchev–Trinajstić information content (AvgIpc) is 2.95. The van der Waals surface area contributed by atoms with Crippen LogP contribution in [-0.4, -0.2) is 21.4 Å². The molecular weight excluding hydrogens is 240 g/mol. The molecule has 1 aromatic carbocycles. The van der Waals surface area contributed by atoms with E-state index in [0.29, 0.717) is 0 Å². The van der Waals surface area contributed by atoms with Crippen molar-refractivity contribution in [1.29, 1.82) is 0 Å². The molecule has 5 nitrogen and oxygen atoms in total. The zero-order valence-corrected chi connectivity index (χ0v) is 11.0. The minimum atomic E-state index is -0.696. The number of aromatic amines is 1. The molecule has 0 saturated heterocycles. The first kappa shape index (κ1) is 12.2. The predicted molar refractivity (Wildman–Crippen MR) is 74.8 cm³/mol. The number of hydrogen-bond acceptors (Lipinski definition) is 3. The van der Waals surface area contributed by atoms with Crippen molar-refractivity contribution in [3.63, 3.8) is 0 Å². The van der Waals surface area contributed by atoms with Crippen molar-refractivity contribution in [2.75, 3.05) is 5.32 Å². The number of hydrogen-bond donors (Lipinski definition) is 3. The molecule has 3 rings (SSSR count). The van der Waals surface area contributed by atoms with E-state index in [1.165, 1.54) is 0 Å². The van der Waals surface area contributed by atoms with Gasteiger partial charge >= 0.3 is 0 Å². The quantitative estimate of drug-likeness (QED) is 0.771. The fourth-order valence-electron chi connectivity index (χ4n) is 2.70. The van der Waals surface area contributed by atoms with E-state index >= 15 is 0 Å². The summed E-state index contributed by atoms with van der Waals surface area (Å²) in [6.07, 6.45) is 3.60. The number of rotatable bonds is 2. The van der Waals surface area contributed by atoms with Gasteiger partial charge in [-0.15, -0.1) is 0 Å². The number of imidazole rings is 1. The highest BCUT2D eigenvalue weighted by Gasteiger charge is 2.36. The Labute approximate surface area is 111 Å². The van der Waals surface area contributed by atoms with E-state index in [2.05, 4.69) is 15.3 Å². The summed E-state index contributed by atoms with van der Waals surface area (Å²) in [6.45, 7) is 1.91. The van der Waals surface area contributed by atoms with Crippen LogP contribution in [0.1, 0.15) is 31.5 Å². The van der Waals surface area contributed by atoms with Crippen molar-refractivity contribution in [2.45, 2.75) is 38.1 Å². The number of aromatic nitrogens is 2. The van der Waals surface area contributed by atoms with Gasteiger partial charge in [0.2, 0.25) is 5.91 Å². The largest absolute Gasteiger partial charge is 0.342 e. The van der Waals surface area contributed by atoms with Crippen LogP contribution in [0.2, 0.25) is 0 Å². The summed E-state index contributed by atoms with van der Waals surface area (Å²) < 4.78 is 0. The molecule has 1 heterocycles. The summed E-state index contributed by atoms with van der Waals surface area (Å²) >= 11 is 0. The van der Waals surface area contributed by atoms with E-state index < -0.39 is 5.54 Å². The van der Waals surface area contributed by atoms with Crippen LogP contribution in [0.15, 0.2) is 18.2 Å².